The second-order valence-corrected chi connectivity index (χ2v) is 5.57. The third-order valence-corrected chi connectivity index (χ3v) is 3.86. The Morgan fingerprint density at radius 1 is 1.33 bits per heavy atom. The fourth-order valence-electron chi connectivity index (χ4n) is 2.30. The van der Waals surface area contributed by atoms with Crippen molar-refractivity contribution in [2.24, 2.45) is 0 Å². The van der Waals surface area contributed by atoms with E-state index in [1.807, 2.05) is 0 Å². The van der Waals surface area contributed by atoms with Gasteiger partial charge in [-0.1, -0.05) is 0 Å². The van der Waals surface area contributed by atoms with Crippen LogP contribution in [0.15, 0.2) is 18.2 Å². The number of anilines is 2. The first-order valence-corrected chi connectivity index (χ1v) is 7.65. The van der Waals surface area contributed by atoms with Crippen LogP contribution in [-0.2, 0) is 16.0 Å². The van der Waals surface area contributed by atoms with Gasteiger partial charge in [-0.15, -0.1) is 0 Å². The lowest BCUT2D eigenvalue weighted by atomic mass is 10.1. The second-order valence-electron chi connectivity index (χ2n) is 4.87. The van der Waals surface area contributed by atoms with Crippen molar-refractivity contribution in [2.45, 2.75) is 0 Å². The molecule has 1 atom stereocenters. The molecule has 1 fully saturated rings. The molecular weight excluding hydrogens is 294 g/mol. The van der Waals surface area contributed by atoms with Crippen LogP contribution >= 0.6 is 0 Å². The number of rotatable bonds is 4. The van der Waals surface area contributed by atoms with E-state index < -0.39 is 17.2 Å². The second kappa shape index (κ2) is 6.88. The molecule has 7 nitrogen and oxygen atoms in total. The van der Waals surface area contributed by atoms with Crippen molar-refractivity contribution in [3.8, 4) is 0 Å². The van der Waals surface area contributed by atoms with Crippen LogP contribution < -0.4 is 9.62 Å². The van der Waals surface area contributed by atoms with Crippen LogP contribution in [0.1, 0.15) is 10.4 Å². The van der Waals surface area contributed by atoms with E-state index in [0.29, 0.717) is 11.3 Å². The number of benzene rings is 1. The van der Waals surface area contributed by atoms with Gasteiger partial charge in [-0.2, -0.15) is 0 Å². The predicted octanol–water partition coefficient (Wildman–Crippen LogP) is 0.774. The zero-order chi connectivity index (χ0) is 15.4. The molecule has 1 heterocycles. The Bertz CT molecular complexity index is 544. The normalized spacial score (nSPS) is 17.4. The molecule has 0 aromatic heterocycles. The standard InChI is InChI=1S/C13H19N3O4S/c1-15-5-7-16(8-6-15)12-4-3-10(14-21(18)19)9-11(12)13(17)20-2/h3-4,9,14H,5-8H2,1-2H3,(H,18,19). The highest BCUT2D eigenvalue weighted by atomic mass is 32.2. The van der Waals surface area contributed by atoms with Gasteiger partial charge in [-0.25, -0.2) is 9.00 Å². The minimum Gasteiger partial charge on any atom is -0.465 e. The molecule has 1 saturated heterocycles. The number of piperazine rings is 1. The Balaban J connectivity index is 2.31. The minimum absolute atomic E-state index is 0.387. The Kier molecular flexibility index (Phi) is 5.16. The average Bonchev–Trinajstić information content (AvgIpc) is 2.47. The van der Waals surface area contributed by atoms with Crippen molar-refractivity contribution in [1.29, 1.82) is 0 Å². The first kappa shape index (κ1) is 15.7. The van der Waals surface area contributed by atoms with Gasteiger partial charge in [0.25, 0.3) is 11.3 Å². The number of nitrogens with one attached hydrogen (secondary N) is 1. The molecule has 2 N–H and O–H groups in total. The summed E-state index contributed by atoms with van der Waals surface area (Å²) in [6, 6.07) is 4.98. The summed E-state index contributed by atoms with van der Waals surface area (Å²) in [7, 11) is 3.38. The fourth-order valence-corrected chi connectivity index (χ4v) is 2.63. The van der Waals surface area contributed by atoms with Gasteiger partial charge >= 0.3 is 5.97 Å². The van der Waals surface area contributed by atoms with Crippen LogP contribution in [0.25, 0.3) is 0 Å². The Morgan fingerprint density at radius 3 is 2.57 bits per heavy atom. The third-order valence-electron chi connectivity index (χ3n) is 3.45. The molecule has 0 aliphatic carbocycles. The Morgan fingerprint density at radius 2 is 2.00 bits per heavy atom. The van der Waals surface area contributed by atoms with Crippen molar-refractivity contribution in [1.82, 2.24) is 4.90 Å². The van der Waals surface area contributed by atoms with E-state index in [-0.39, 0.29) is 0 Å². The maximum absolute atomic E-state index is 12.0. The van der Waals surface area contributed by atoms with Crippen LogP contribution in [0.5, 0.6) is 0 Å². The van der Waals surface area contributed by atoms with Gasteiger partial charge in [0.05, 0.1) is 18.4 Å². The molecular formula is C13H19N3O4S. The van der Waals surface area contributed by atoms with E-state index in [9.17, 15) is 9.00 Å². The first-order chi connectivity index (χ1) is 10.0. The summed E-state index contributed by atoms with van der Waals surface area (Å²) >= 11 is -2.18. The minimum atomic E-state index is -2.18. The lowest BCUT2D eigenvalue weighted by molar-refractivity contribution is 0.0601. The summed E-state index contributed by atoms with van der Waals surface area (Å²) in [5.74, 6) is -0.462. The van der Waals surface area contributed by atoms with E-state index in [4.69, 9.17) is 9.29 Å². The highest BCUT2D eigenvalue weighted by Gasteiger charge is 2.21. The largest absolute Gasteiger partial charge is 0.465 e. The monoisotopic (exact) mass is 313 g/mol. The lowest BCUT2D eigenvalue weighted by Gasteiger charge is -2.34. The zero-order valence-electron chi connectivity index (χ0n) is 12.0. The van der Waals surface area contributed by atoms with E-state index >= 15 is 0 Å². The van der Waals surface area contributed by atoms with E-state index in [0.717, 1.165) is 31.9 Å². The smallest absolute Gasteiger partial charge is 0.340 e. The SMILES string of the molecule is COC(=O)c1cc(NS(=O)O)ccc1N1CCN(C)CC1. The highest BCUT2D eigenvalue weighted by molar-refractivity contribution is 7.80. The van der Waals surface area contributed by atoms with Crippen molar-refractivity contribution >= 4 is 28.6 Å². The number of hydrogen-bond acceptors (Lipinski definition) is 5. The number of ether oxygens (including phenoxy) is 1. The number of esters is 1. The molecule has 0 amide bonds. The van der Waals surface area contributed by atoms with Gasteiger partial charge in [-0.3, -0.25) is 9.27 Å². The lowest BCUT2D eigenvalue weighted by Crippen LogP contribution is -2.45. The van der Waals surface area contributed by atoms with Crippen LogP contribution in [0, 0.1) is 0 Å². The first-order valence-electron chi connectivity index (χ1n) is 6.54. The number of carbonyl (C=O) groups excluding carboxylic acids is 1. The van der Waals surface area contributed by atoms with Crippen LogP contribution in [0.3, 0.4) is 0 Å². The molecule has 1 aliphatic rings. The number of hydrogen-bond donors (Lipinski definition) is 2. The number of likely N-dealkylation sites (N-methyl/N-ethyl adjacent to an activating group) is 1. The maximum atomic E-state index is 12.0. The molecule has 1 aromatic carbocycles. The molecule has 1 aromatic rings. The van der Waals surface area contributed by atoms with Crippen molar-refractivity contribution < 1.29 is 18.3 Å². The van der Waals surface area contributed by atoms with Gasteiger partial charge in [-0.05, 0) is 25.2 Å². The molecule has 1 unspecified atom stereocenters. The van der Waals surface area contributed by atoms with E-state index in [1.165, 1.54) is 13.2 Å². The highest BCUT2D eigenvalue weighted by Crippen LogP contribution is 2.26. The average molecular weight is 313 g/mol. The summed E-state index contributed by atoms with van der Waals surface area (Å²) in [4.78, 5) is 16.3. The Labute approximate surface area is 126 Å². The molecule has 0 radical (unpaired) electrons. The summed E-state index contributed by atoms with van der Waals surface area (Å²) in [5, 5.41) is 0. The zero-order valence-corrected chi connectivity index (χ0v) is 12.9. The quantitative estimate of drug-likeness (QED) is 0.631. The molecule has 21 heavy (non-hydrogen) atoms. The number of carbonyl (C=O) groups is 1. The predicted molar refractivity (Wildman–Crippen MR) is 81.9 cm³/mol. The van der Waals surface area contributed by atoms with Crippen LogP contribution in [-0.4, -0.2) is 60.0 Å². The van der Waals surface area contributed by atoms with Crippen molar-refractivity contribution in [3.63, 3.8) is 0 Å². The Hall–Kier alpha value is -1.64. The molecule has 116 valence electrons. The van der Waals surface area contributed by atoms with Gasteiger partial charge in [0.15, 0.2) is 0 Å². The molecule has 1 aliphatic heterocycles. The maximum Gasteiger partial charge on any atom is 0.340 e. The van der Waals surface area contributed by atoms with Crippen LogP contribution in [0.2, 0.25) is 0 Å². The van der Waals surface area contributed by atoms with Gasteiger partial charge in [0, 0.05) is 31.9 Å². The summed E-state index contributed by atoms with van der Waals surface area (Å²) in [5.41, 5.74) is 1.57. The number of nitrogens with zero attached hydrogens (tertiary/aromatic N) is 2. The molecule has 8 heteroatoms. The van der Waals surface area contributed by atoms with Gasteiger partial charge in [0.2, 0.25) is 0 Å². The van der Waals surface area contributed by atoms with Crippen molar-refractivity contribution in [3.05, 3.63) is 23.8 Å². The topological polar surface area (TPSA) is 82.1 Å². The van der Waals surface area contributed by atoms with Crippen LogP contribution in [0.4, 0.5) is 11.4 Å². The third kappa shape index (κ3) is 3.93. The fraction of sp³-hybridized carbons (Fsp3) is 0.462. The molecule has 0 bridgehead atoms. The number of methoxy groups -OCH3 is 1. The molecule has 0 spiro atoms. The summed E-state index contributed by atoms with van der Waals surface area (Å²) in [6.07, 6.45) is 0. The molecule has 0 saturated carbocycles. The van der Waals surface area contributed by atoms with Crippen molar-refractivity contribution in [2.75, 3.05) is 50.0 Å². The summed E-state index contributed by atoms with van der Waals surface area (Å²) in [6.45, 7) is 3.47. The van der Waals surface area contributed by atoms with E-state index in [2.05, 4.69) is 21.6 Å². The van der Waals surface area contributed by atoms with Gasteiger partial charge in [0.1, 0.15) is 0 Å². The van der Waals surface area contributed by atoms with Gasteiger partial charge < -0.3 is 14.5 Å². The van der Waals surface area contributed by atoms with E-state index in [1.54, 1.807) is 12.1 Å². The summed E-state index contributed by atoms with van der Waals surface area (Å²) < 4.78 is 26.8. The molecule has 2 rings (SSSR count).